The largest absolute Gasteiger partial charge is 0.493 e. The number of nitrogens with one attached hydrogen (secondary N) is 2. The summed E-state index contributed by atoms with van der Waals surface area (Å²) in [5.74, 6) is 1.08. The SMILES string of the molecule is COc1ccc(CNC(=O)CNc2c(Cl)cccc2Cl)cc1OC. The number of methoxy groups -OCH3 is 2. The molecule has 0 aliphatic carbocycles. The fraction of sp³-hybridized carbons (Fsp3) is 0.235. The number of anilines is 1. The Morgan fingerprint density at radius 3 is 2.33 bits per heavy atom. The lowest BCUT2D eigenvalue weighted by molar-refractivity contribution is -0.119. The van der Waals surface area contributed by atoms with Crippen molar-refractivity contribution >= 4 is 34.8 Å². The van der Waals surface area contributed by atoms with E-state index in [-0.39, 0.29) is 12.5 Å². The highest BCUT2D eigenvalue weighted by Crippen LogP contribution is 2.29. The number of amides is 1. The van der Waals surface area contributed by atoms with Crippen LogP contribution >= 0.6 is 23.2 Å². The second-order valence-electron chi connectivity index (χ2n) is 4.92. The smallest absolute Gasteiger partial charge is 0.239 e. The minimum Gasteiger partial charge on any atom is -0.493 e. The number of rotatable bonds is 7. The van der Waals surface area contributed by atoms with Gasteiger partial charge in [-0.25, -0.2) is 0 Å². The van der Waals surface area contributed by atoms with Crippen molar-refractivity contribution in [2.45, 2.75) is 6.54 Å². The van der Waals surface area contributed by atoms with Gasteiger partial charge in [0.15, 0.2) is 11.5 Å². The van der Waals surface area contributed by atoms with E-state index in [1.165, 1.54) is 0 Å². The van der Waals surface area contributed by atoms with Crippen LogP contribution in [0.3, 0.4) is 0 Å². The zero-order valence-corrected chi connectivity index (χ0v) is 14.9. The standard InChI is InChI=1S/C17H18Cl2N2O3/c1-23-14-7-6-11(8-15(14)24-2)9-20-16(22)10-21-17-12(18)4-3-5-13(17)19/h3-8,21H,9-10H2,1-2H3,(H,20,22). The highest BCUT2D eigenvalue weighted by atomic mass is 35.5. The van der Waals surface area contributed by atoms with Crippen molar-refractivity contribution in [2.24, 2.45) is 0 Å². The first-order chi connectivity index (χ1) is 11.5. The van der Waals surface area contributed by atoms with Crippen molar-refractivity contribution in [1.82, 2.24) is 5.32 Å². The molecule has 0 aromatic heterocycles. The van der Waals surface area contributed by atoms with E-state index in [4.69, 9.17) is 32.7 Å². The van der Waals surface area contributed by atoms with Crippen LogP contribution in [-0.2, 0) is 11.3 Å². The van der Waals surface area contributed by atoms with Crippen LogP contribution in [0.1, 0.15) is 5.56 Å². The monoisotopic (exact) mass is 368 g/mol. The Labute approximate surface area is 150 Å². The lowest BCUT2D eigenvalue weighted by Crippen LogP contribution is -2.29. The molecule has 0 saturated heterocycles. The van der Waals surface area contributed by atoms with E-state index in [1.54, 1.807) is 38.5 Å². The number of hydrogen-bond donors (Lipinski definition) is 2. The molecule has 0 aliphatic heterocycles. The molecule has 24 heavy (non-hydrogen) atoms. The van der Waals surface area contributed by atoms with Gasteiger partial charge in [-0.1, -0.05) is 35.3 Å². The van der Waals surface area contributed by atoms with Gasteiger partial charge in [0.1, 0.15) is 0 Å². The molecule has 2 aromatic carbocycles. The first-order valence-corrected chi connectivity index (χ1v) is 7.96. The van der Waals surface area contributed by atoms with Gasteiger partial charge in [-0.2, -0.15) is 0 Å². The van der Waals surface area contributed by atoms with Crippen molar-refractivity contribution in [3.8, 4) is 11.5 Å². The van der Waals surface area contributed by atoms with Crippen molar-refractivity contribution < 1.29 is 14.3 Å². The molecule has 0 unspecified atom stereocenters. The third kappa shape index (κ3) is 4.69. The summed E-state index contributed by atoms with van der Waals surface area (Å²) in [7, 11) is 3.14. The Balaban J connectivity index is 1.89. The van der Waals surface area contributed by atoms with Gasteiger partial charge in [0.25, 0.3) is 0 Å². The quantitative estimate of drug-likeness (QED) is 0.781. The van der Waals surface area contributed by atoms with Gasteiger partial charge in [0.2, 0.25) is 5.91 Å². The maximum atomic E-state index is 12.0. The molecule has 2 N–H and O–H groups in total. The fourth-order valence-electron chi connectivity index (χ4n) is 2.09. The number of carbonyl (C=O) groups is 1. The number of benzene rings is 2. The van der Waals surface area contributed by atoms with Crippen LogP contribution in [-0.4, -0.2) is 26.7 Å². The van der Waals surface area contributed by atoms with E-state index in [0.29, 0.717) is 33.8 Å². The van der Waals surface area contributed by atoms with Crippen LogP contribution in [0.25, 0.3) is 0 Å². The van der Waals surface area contributed by atoms with Gasteiger partial charge >= 0.3 is 0 Å². The van der Waals surface area contributed by atoms with E-state index in [0.717, 1.165) is 5.56 Å². The van der Waals surface area contributed by atoms with Gasteiger partial charge in [-0.3, -0.25) is 4.79 Å². The maximum absolute atomic E-state index is 12.0. The third-order valence-corrected chi connectivity index (χ3v) is 3.96. The predicted octanol–water partition coefficient (Wildman–Crippen LogP) is 3.74. The van der Waals surface area contributed by atoms with E-state index in [2.05, 4.69) is 10.6 Å². The zero-order valence-electron chi connectivity index (χ0n) is 13.4. The Morgan fingerprint density at radius 2 is 1.71 bits per heavy atom. The van der Waals surface area contributed by atoms with E-state index in [9.17, 15) is 4.79 Å². The molecule has 2 aromatic rings. The maximum Gasteiger partial charge on any atom is 0.239 e. The molecule has 0 fully saturated rings. The molecular formula is C17H18Cl2N2O3. The summed E-state index contributed by atoms with van der Waals surface area (Å²) in [6, 6.07) is 10.6. The summed E-state index contributed by atoms with van der Waals surface area (Å²) in [5, 5.41) is 6.69. The van der Waals surface area contributed by atoms with Crippen molar-refractivity contribution in [1.29, 1.82) is 0 Å². The molecule has 0 radical (unpaired) electrons. The minimum absolute atomic E-state index is 0.0662. The molecular weight excluding hydrogens is 351 g/mol. The zero-order chi connectivity index (χ0) is 17.5. The first kappa shape index (κ1) is 18.2. The van der Waals surface area contributed by atoms with Crippen molar-refractivity contribution in [2.75, 3.05) is 26.1 Å². The van der Waals surface area contributed by atoms with Gasteiger partial charge in [-0.05, 0) is 29.8 Å². The number of ether oxygens (including phenoxy) is 2. The number of para-hydroxylation sites is 1. The second-order valence-corrected chi connectivity index (χ2v) is 5.73. The van der Waals surface area contributed by atoms with Crippen molar-refractivity contribution in [3.05, 3.63) is 52.0 Å². The predicted molar refractivity (Wildman–Crippen MR) is 96.3 cm³/mol. The molecule has 0 saturated carbocycles. The molecule has 0 heterocycles. The summed E-state index contributed by atoms with van der Waals surface area (Å²) in [5.41, 5.74) is 1.44. The lowest BCUT2D eigenvalue weighted by Gasteiger charge is -2.12. The summed E-state index contributed by atoms with van der Waals surface area (Å²) in [6.07, 6.45) is 0. The van der Waals surface area contributed by atoms with Crippen LogP contribution in [0.5, 0.6) is 11.5 Å². The molecule has 128 valence electrons. The number of hydrogen-bond acceptors (Lipinski definition) is 4. The Morgan fingerprint density at radius 1 is 1.04 bits per heavy atom. The van der Waals surface area contributed by atoms with Crippen LogP contribution < -0.4 is 20.1 Å². The molecule has 0 aliphatic rings. The van der Waals surface area contributed by atoms with Crippen LogP contribution in [0.2, 0.25) is 10.0 Å². The first-order valence-electron chi connectivity index (χ1n) is 7.20. The Kier molecular flexibility index (Phi) is 6.58. The summed E-state index contributed by atoms with van der Waals surface area (Å²) in [4.78, 5) is 12.0. The summed E-state index contributed by atoms with van der Waals surface area (Å²) >= 11 is 12.1. The lowest BCUT2D eigenvalue weighted by atomic mass is 10.2. The average Bonchev–Trinajstić information content (AvgIpc) is 2.59. The van der Waals surface area contributed by atoms with Crippen LogP contribution in [0.4, 0.5) is 5.69 Å². The highest BCUT2D eigenvalue weighted by Gasteiger charge is 2.08. The van der Waals surface area contributed by atoms with Gasteiger partial charge in [0, 0.05) is 6.54 Å². The van der Waals surface area contributed by atoms with E-state index < -0.39 is 0 Å². The Hall–Kier alpha value is -2.11. The second kappa shape index (κ2) is 8.66. The summed E-state index contributed by atoms with van der Waals surface area (Å²) in [6.45, 7) is 0.438. The molecule has 0 bridgehead atoms. The minimum atomic E-state index is -0.180. The topological polar surface area (TPSA) is 59.6 Å². The average molecular weight is 369 g/mol. The van der Waals surface area contributed by atoms with Gasteiger partial charge < -0.3 is 20.1 Å². The van der Waals surface area contributed by atoms with Crippen LogP contribution in [0.15, 0.2) is 36.4 Å². The van der Waals surface area contributed by atoms with Crippen molar-refractivity contribution in [3.63, 3.8) is 0 Å². The molecule has 5 nitrogen and oxygen atoms in total. The van der Waals surface area contributed by atoms with Crippen LogP contribution in [0, 0.1) is 0 Å². The molecule has 7 heteroatoms. The molecule has 2 rings (SSSR count). The summed E-state index contributed by atoms with van der Waals surface area (Å²) < 4.78 is 10.4. The van der Waals surface area contributed by atoms with E-state index >= 15 is 0 Å². The molecule has 0 atom stereocenters. The number of carbonyl (C=O) groups excluding carboxylic acids is 1. The molecule has 1 amide bonds. The Bertz CT molecular complexity index is 703. The third-order valence-electron chi connectivity index (χ3n) is 3.33. The number of halogens is 2. The highest BCUT2D eigenvalue weighted by molar-refractivity contribution is 6.39. The normalized spacial score (nSPS) is 10.2. The van der Waals surface area contributed by atoms with E-state index in [1.807, 2.05) is 12.1 Å². The molecule has 0 spiro atoms. The van der Waals surface area contributed by atoms with Gasteiger partial charge in [-0.15, -0.1) is 0 Å². The fourth-order valence-corrected chi connectivity index (χ4v) is 2.62. The van der Waals surface area contributed by atoms with Gasteiger partial charge in [0.05, 0.1) is 36.5 Å².